The van der Waals surface area contributed by atoms with Gasteiger partial charge in [-0.3, -0.25) is 0 Å². The third kappa shape index (κ3) is 0.685. The summed E-state index contributed by atoms with van der Waals surface area (Å²) in [5.74, 6) is 0. The fourth-order valence-corrected chi connectivity index (χ4v) is 1.29. The molecule has 3 rings (SSSR count). The SMILES string of the molecule is OC1CN2C=CN1CC2. The van der Waals surface area contributed by atoms with E-state index >= 15 is 0 Å². The van der Waals surface area contributed by atoms with Crippen molar-refractivity contribution < 1.29 is 5.11 Å². The molecular formula is C6H10N2O. The van der Waals surface area contributed by atoms with Crippen molar-refractivity contribution >= 4 is 0 Å². The summed E-state index contributed by atoms with van der Waals surface area (Å²) in [5, 5.41) is 9.23. The van der Waals surface area contributed by atoms with Gasteiger partial charge in [-0.15, -0.1) is 0 Å². The Bertz CT molecular complexity index is 146. The summed E-state index contributed by atoms with van der Waals surface area (Å²) in [6, 6.07) is 0. The van der Waals surface area contributed by atoms with Crippen molar-refractivity contribution in [2.24, 2.45) is 0 Å². The maximum absolute atomic E-state index is 9.23. The fraction of sp³-hybridized carbons (Fsp3) is 0.667. The smallest absolute Gasteiger partial charge is 0.144 e. The molecule has 1 unspecified atom stereocenters. The lowest BCUT2D eigenvalue weighted by molar-refractivity contribution is -0.0302. The van der Waals surface area contributed by atoms with Crippen LogP contribution in [0.15, 0.2) is 12.4 Å². The van der Waals surface area contributed by atoms with E-state index in [0.29, 0.717) is 0 Å². The zero-order valence-electron chi connectivity index (χ0n) is 5.20. The van der Waals surface area contributed by atoms with Gasteiger partial charge in [0.15, 0.2) is 0 Å². The normalized spacial score (nSPS) is 31.9. The molecule has 1 atom stereocenters. The van der Waals surface area contributed by atoms with Crippen molar-refractivity contribution in [1.82, 2.24) is 9.80 Å². The number of nitrogens with zero attached hydrogens (tertiary/aromatic N) is 2. The second kappa shape index (κ2) is 1.64. The molecule has 0 aromatic rings. The Morgan fingerprint density at radius 1 is 1.33 bits per heavy atom. The summed E-state index contributed by atoms with van der Waals surface area (Å²) < 4.78 is 0. The summed E-state index contributed by atoms with van der Waals surface area (Å²) in [6.07, 6.45) is 3.71. The van der Waals surface area contributed by atoms with E-state index < -0.39 is 0 Å². The summed E-state index contributed by atoms with van der Waals surface area (Å²) in [6.45, 7) is 2.81. The van der Waals surface area contributed by atoms with Crippen LogP contribution in [0.25, 0.3) is 0 Å². The van der Waals surface area contributed by atoms with Crippen LogP contribution in [0.2, 0.25) is 0 Å². The van der Waals surface area contributed by atoms with Crippen molar-refractivity contribution in [3.05, 3.63) is 12.4 Å². The van der Waals surface area contributed by atoms with Crippen LogP contribution in [0.5, 0.6) is 0 Å². The molecule has 0 aliphatic carbocycles. The molecule has 3 heteroatoms. The number of hydrogen-bond donors (Lipinski definition) is 1. The Labute approximate surface area is 54.2 Å². The number of aliphatic hydroxyl groups is 1. The minimum atomic E-state index is -0.260. The Balaban J connectivity index is 2.20. The zero-order valence-corrected chi connectivity index (χ0v) is 5.20. The van der Waals surface area contributed by atoms with Gasteiger partial charge in [-0.2, -0.15) is 0 Å². The van der Waals surface area contributed by atoms with Crippen molar-refractivity contribution in [3.63, 3.8) is 0 Å². The molecule has 1 saturated heterocycles. The molecule has 1 fully saturated rings. The van der Waals surface area contributed by atoms with Gasteiger partial charge in [-0.25, -0.2) is 0 Å². The monoisotopic (exact) mass is 126 g/mol. The van der Waals surface area contributed by atoms with Crippen LogP contribution in [-0.4, -0.2) is 40.8 Å². The van der Waals surface area contributed by atoms with E-state index in [1.165, 1.54) is 0 Å². The standard InChI is InChI=1S/C6H10N2O/c9-6-5-7-1-3-8(6)4-2-7/h1,3,6,9H,2,4-5H2. The largest absolute Gasteiger partial charge is 0.372 e. The lowest BCUT2D eigenvalue weighted by Gasteiger charge is -2.42. The molecule has 0 aromatic carbocycles. The summed E-state index contributed by atoms with van der Waals surface area (Å²) >= 11 is 0. The third-order valence-corrected chi connectivity index (χ3v) is 1.90. The Morgan fingerprint density at radius 3 is 2.44 bits per heavy atom. The van der Waals surface area contributed by atoms with Crippen molar-refractivity contribution in [3.8, 4) is 0 Å². The van der Waals surface area contributed by atoms with Gasteiger partial charge >= 0.3 is 0 Å². The van der Waals surface area contributed by atoms with Crippen LogP contribution < -0.4 is 0 Å². The van der Waals surface area contributed by atoms with E-state index in [2.05, 4.69) is 4.90 Å². The highest BCUT2D eigenvalue weighted by Crippen LogP contribution is 2.13. The molecule has 3 heterocycles. The molecule has 0 amide bonds. The van der Waals surface area contributed by atoms with Crippen LogP contribution in [-0.2, 0) is 0 Å². The van der Waals surface area contributed by atoms with Gasteiger partial charge in [-0.1, -0.05) is 0 Å². The fourth-order valence-electron chi connectivity index (χ4n) is 1.29. The molecule has 3 aliphatic heterocycles. The summed E-state index contributed by atoms with van der Waals surface area (Å²) in [4.78, 5) is 4.09. The van der Waals surface area contributed by atoms with Gasteiger partial charge in [0.25, 0.3) is 0 Å². The van der Waals surface area contributed by atoms with Crippen LogP contribution in [0, 0.1) is 0 Å². The maximum atomic E-state index is 9.23. The molecule has 0 spiro atoms. The second-order valence-electron chi connectivity index (χ2n) is 2.51. The van der Waals surface area contributed by atoms with Crippen LogP contribution >= 0.6 is 0 Å². The van der Waals surface area contributed by atoms with Gasteiger partial charge in [0.2, 0.25) is 0 Å². The Kier molecular flexibility index (Phi) is 0.931. The molecule has 1 N–H and O–H groups in total. The molecule has 0 saturated carbocycles. The van der Waals surface area contributed by atoms with E-state index in [0.717, 1.165) is 19.6 Å². The van der Waals surface area contributed by atoms with Crippen LogP contribution in [0.1, 0.15) is 0 Å². The summed E-state index contributed by atoms with van der Waals surface area (Å²) in [7, 11) is 0. The van der Waals surface area contributed by atoms with Gasteiger partial charge in [0.1, 0.15) is 6.23 Å². The zero-order chi connectivity index (χ0) is 6.27. The first-order chi connectivity index (χ1) is 4.36. The average molecular weight is 126 g/mol. The minimum absolute atomic E-state index is 0.260. The topological polar surface area (TPSA) is 26.7 Å². The number of piperazine rings is 1. The van der Waals surface area contributed by atoms with E-state index in [1.54, 1.807) is 0 Å². The van der Waals surface area contributed by atoms with E-state index in [1.807, 2.05) is 17.3 Å². The number of rotatable bonds is 0. The van der Waals surface area contributed by atoms with E-state index in [-0.39, 0.29) is 6.23 Å². The van der Waals surface area contributed by atoms with E-state index in [4.69, 9.17) is 0 Å². The molecule has 0 aromatic heterocycles. The van der Waals surface area contributed by atoms with Gasteiger partial charge in [0, 0.05) is 25.5 Å². The molecule has 3 nitrogen and oxygen atoms in total. The molecule has 2 bridgehead atoms. The number of hydrogen-bond acceptors (Lipinski definition) is 3. The number of fused-ring (bicyclic) bond motifs is 2. The first-order valence-corrected chi connectivity index (χ1v) is 3.22. The van der Waals surface area contributed by atoms with Crippen molar-refractivity contribution in [2.75, 3.05) is 19.6 Å². The maximum Gasteiger partial charge on any atom is 0.144 e. The molecule has 50 valence electrons. The van der Waals surface area contributed by atoms with Gasteiger partial charge in [-0.05, 0) is 0 Å². The Morgan fingerprint density at radius 2 is 2.22 bits per heavy atom. The lowest BCUT2D eigenvalue weighted by atomic mass is 10.3. The molecule has 3 aliphatic rings. The predicted molar refractivity (Wildman–Crippen MR) is 33.4 cm³/mol. The molecular weight excluding hydrogens is 116 g/mol. The van der Waals surface area contributed by atoms with Crippen molar-refractivity contribution in [1.29, 1.82) is 0 Å². The molecule has 9 heavy (non-hydrogen) atoms. The van der Waals surface area contributed by atoms with Crippen LogP contribution in [0.4, 0.5) is 0 Å². The highest BCUT2D eigenvalue weighted by molar-refractivity contribution is 4.96. The average Bonchev–Trinajstić information content (AvgIpc) is 1.90. The van der Waals surface area contributed by atoms with Gasteiger partial charge in [0.05, 0.1) is 6.54 Å². The van der Waals surface area contributed by atoms with Crippen LogP contribution in [0.3, 0.4) is 0 Å². The Hall–Kier alpha value is -0.700. The molecule has 0 radical (unpaired) electrons. The highest BCUT2D eigenvalue weighted by Gasteiger charge is 2.24. The van der Waals surface area contributed by atoms with Gasteiger partial charge < -0.3 is 14.9 Å². The summed E-state index contributed by atoms with van der Waals surface area (Å²) in [5.41, 5.74) is 0. The number of aliphatic hydroxyl groups excluding tert-OH is 1. The second-order valence-corrected chi connectivity index (χ2v) is 2.51. The van der Waals surface area contributed by atoms with Crippen molar-refractivity contribution in [2.45, 2.75) is 6.23 Å². The lowest BCUT2D eigenvalue weighted by Crippen LogP contribution is -2.52. The first kappa shape index (κ1) is 5.11. The highest BCUT2D eigenvalue weighted by atomic mass is 16.3. The first-order valence-electron chi connectivity index (χ1n) is 3.22. The minimum Gasteiger partial charge on any atom is -0.372 e. The van der Waals surface area contributed by atoms with E-state index in [9.17, 15) is 5.11 Å². The predicted octanol–water partition coefficient (Wildman–Crippen LogP) is -0.593. The third-order valence-electron chi connectivity index (χ3n) is 1.90. The quantitative estimate of drug-likeness (QED) is 0.470.